The number of aromatic nitrogens is 2. The molecule has 2 aromatic rings. The zero-order valence-corrected chi connectivity index (χ0v) is 14.1. The number of likely N-dealkylation sites (tertiary alicyclic amines) is 1. The number of amides is 1. The van der Waals surface area contributed by atoms with Crippen LogP contribution in [0.25, 0.3) is 0 Å². The number of hydrogen-bond acceptors (Lipinski definition) is 3. The monoisotopic (exact) mass is 330 g/mol. The Labute approximate surface area is 141 Å². The number of rotatable bonds is 4. The van der Waals surface area contributed by atoms with E-state index in [0.29, 0.717) is 24.6 Å². The first-order valence-electron chi connectivity index (χ1n) is 8.27. The number of nitrogens with one attached hydrogen (secondary N) is 1. The van der Waals surface area contributed by atoms with Crippen molar-refractivity contribution < 1.29 is 9.18 Å². The SMILES string of the molecule is CN(C)C(C(=O)N1CCC(c2ncc[nH]2)CC1)c1ccccc1F. The fraction of sp³-hybridized carbons (Fsp3) is 0.444. The van der Waals surface area contributed by atoms with Crippen LogP contribution in [0.1, 0.15) is 36.2 Å². The lowest BCUT2D eigenvalue weighted by atomic mass is 9.94. The van der Waals surface area contributed by atoms with Crippen LogP contribution >= 0.6 is 0 Å². The largest absolute Gasteiger partial charge is 0.348 e. The third kappa shape index (κ3) is 3.33. The molecule has 1 aliphatic heterocycles. The van der Waals surface area contributed by atoms with Crippen LogP contribution in [0.4, 0.5) is 4.39 Å². The number of imidazole rings is 1. The number of hydrogen-bond donors (Lipinski definition) is 1. The highest BCUT2D eigenvalue weighted by Gasteiger charge is 2.32. The average Bonchev–Trinajstić information content (AvgIpc) is 3.11. The van der Waals surface area contributed by atoms with Crippen LogP contribution in [0.15, 0.2) is 36.7 Å². The van der Waals surface area contributed by atoms with E-state index in [-0.39, 0.29) is 11.7 Å². The molecule has 1 N–H and O–H groups in total. The number of aromatic amines is 1. The molecule has 24 heavy (non-hydrogen) atoms. The molecule has 1 atom stereocenters. The lowest BCUT2D eigenvalue weighted by molar-refractivity contribution is -0.137. The summed E-state index contributed by atoms with van der Waals surface area (Å²) in [5.41, 5.74) is 0.431. The lowest BCUT2D eigenvalue weighted by Crippen LogP contribution is -2.44. The first-order chi connectivity index (χ1) is 11.6. The van der Waals surface area contributed by atoms with Gasteiger partial charge in [-0.05, 0) is 33.0 Å². The van der Waals surface area contributed by atoms with Gasteiger partial charge in [-0.1, -0.05) is 18.2 Å². The van der Waals surface area contributed by atoms with Gasteiger partial charge in [0.1, 0.15) is 17.7 Å². The molecule has 0 spiro atoms. The quantitative estimate of drug-likeness (QED) is 0.937. The molecule has 1 aromatic carbocycles. The van der Waals surface area contributed by atoms with Gasteiger partial charge in [0, 0.05) is 37.0 Å². The Morgan fingerprint density at radius 2 is 2.04 bits per heavy atom. The van der Waals surface area contributed by atoms with Crippen molar-refractivity contribution in [1.82, 2.24) is 19.8 Å². The topological polar surface area (TPSA) is 52.2 Å². The molecule has 6 heteroatoms. The van der Waals surface area contributed by atoms with Gasteiger partial charge in [0.2, 0.25) is 5.91 Å². The molecule has 0 bridgehead atoms. The van der Waals surface area contributed by atoms with E-state index in [9.17, 15) is 9.18 Å². The van der Waals surface area contributed by atoms with Gasteiger partial charge in [-0.3, -0.25) is 9.69 Å². The van der Waals surface area contributed by atoms with Gasteiger partial charge in [0.15, 0.2) is 0 Å². The summed E-state index contributed by atoms with van der Waals surface area (Å²) in [4.78, 5) is 24.1. The lowest BCUT2D eigenvalue weighted by Gasteiger charge is -2.35. The van der Waals surface area contributed by atoms with Gasteiger partial charge in [-0.15, -0.1) is 0 Å². The molecular weight excluding hydrogens is 307 g/mol. The minimum Gasteiger partial charge on any atom is -0.348 e. The van der Waals surface area contributed by atoms with Crippen molar-refractivity contribution in [1.29, 1.82) is 0 Å². The minimum atomic E-state index is -0.591. The molecule has 0 aliphatic carbocycles. The van der Waals surface area contributed by atoms with Crippen LogP contribution in [0, 0.1) is 5.82 Å². The predicted octanol–water partition coefficient (Wildman–Crippen LogP) is 2.56. The summed E-state index contributed by atoms with van der Waals surface area (Å²) in [5.74, 6) is 0.966. The number of carbonyl (C=O) groups excluding carboxylic acids is 1. The fourth-order valence-electron chi connectivity index (χ4n) is 3.38. The summed E-state index contributed by atoms with van der Waals surface area (Å²) in [7, 11) is 3.62. The average molecular weight is 330 g/mol. The number of nitrogens with zero attached hydrogens (tertiary/aromatic N) is 3. The number of carbonyl (C=O) groups is 1. The Morgan fingerprint density at radius 3 is 2.62 bits per heavy atom. The van der Waals surface area contributed by atoms with Crippen molar-refractivity contribution in [2.24, 2.45) is 0 Å². The second-order valence-electron chi connectivity index (χ2n) is 6.46. The van der Waals surface area contributed by atoms with E-state index in [4.69, 9.17) is 0 Å². The van der Waals surface area contributed by atoms with E-state index in [1.54, 1.807) is 29.3 Å². The third-order valence-electron chi connectivity index (χ3n) is 4.66. The second kappa shape index (κ2) is 7.13. The maximum Gasteiger partial charge on any atom is 0.244 e. The molecule has 1 unspecified atom stereocenters. The highest BCUT2D eigenvalue weighted by Crippen LogP contribution is 2.29. The first kappa shape index (κ1) is 16.6. The van der Waals surface area contributed by atoms with Gasteiger partial charge < -0.3 is 9.88 Å². The van der Waals surface area contributed by atoms with E-state index >= 15 is 0 Å². The van der Waals surface area contributed by atoms with Crippen molar-refractivity contribution in [3.05, 3.63) is 53.9 Å². The summed E-state index contributed by atoms with van der Waals surface area (Å²) in [5, 5.41) is 0. The summed E-state index contributed by atoms with van der Waals surface area (Å²) >= 11 is 0. The number of halogens is 1. The second-order valence-corrected chi connectivity index (χ2v) is 6.46. The highest BCUT2D eigenvalue weighted by atomic mass is 19.1. The van der Waals surface area contributed by atoms with E-state index in [2.05, 4.69) is 9.97 Å². The molecule has 2 heterocycles. The van der Waals surface area contributed by atoms with E-state index < -0.39 is 6.04 Å². The Kier molecular flexibility index (Phi) is 4.94. The Hall–Kier alpha value is -2.21. The summed E-state index contributed by atoms with van der Waals surface area (Å²) < 4.78 is 14.2. The smallest absolute Gasteiger partial charge is 0.244 e. The number of H-pyrrole nitrogens is 1. The number of benzene rings is 1. The molecule has 1 aromatic heterocycles. The normalized spacial score (nSPS) is 17.2. The van der Waals surface area contributed by atoms with Crippen molar-refractivity contribution in [3.63, 3.8) is 0 Å². The number of piperidine rings is 1. The zero-order chi connectivity index (χ0) is 17.1. The van der Waals surface area contributed by atoms with Gasteiger partial charge >= 0.3 is 0 Å². The molecule has 1 aliphatic rings. The molecule has 0 radical (unpaired) electrons. The standard InChI is InChI=1S/C18H23FN4O/c1-22(2)16(14-5-3-4-6-15(14)19)18(24)23-11-7-13(8-12-23)17-20-9-10-21-17/h3-6,9-10,13,16H,7-8,11-12H2,1-2H3,(H,20,21). The van der Waals surface area contributed by atoms with Crippen LogP contribution in [0.5, 0.6) is 0 Å². The summed E-state index contributed by atoms with van der Waals surface area (Å²) in [6.07, 6.45) is 5.33. The van der Waals surface area contributed by atoms with Crippen molar-refractivity contribution in [2.75, 3.05) is 27.2 Å². The highest BCUT2D eigenvalue weighted by molar-refractivity contribution is 5.83. The molecular formula is C18H23FN4O. The first-order valence-corrected chi connectivity index (χ1v) is 8.27. The predicted molar refractivity (Wildman–Crippen MR) is 90.0 cm³/mol. The van der Waals surface area contributed by atoms with Crippen molar-refractivity contribution >= 4 is 5.91 Å². The Balaban J connectivity index is 1.72. The maximum atomic E-state index is 14.2. The molecule has 128 valence electrons. The van der Waals surface area contributed by atoms with Gasteiger partial charge in [-0.2, -0.15) is 0 Å². The van der Waals surface area contributed by atoms with Crippen molar-refractivity contribution in [2.45, 2.75) is 24.8 Å². The molecule has 0 saturated carbocycles. The third-order valence-corrected chi connectivity index (χ3v) is 4.66. The molecule has 5 nitrogen and oxygen atoms in total. The molecule has 1 fully saturated rings. The molecule has 1 saturated heterocycles. The van der Waals surface area contributed by atoms with Gasteiger partial charge in [-0.25, -0.2) is 9.37 Å². The summed E-state index contributed by atoms with van der Waals surface area (Å²) in [6.45, 7) is 1.34. The van der Waals surface area contributed by atoms with Gasteiger partial charge in [0.05, 0.1) is 0 Å². The van der Waals surface area contributed by atoms with Gasteiger partial charge in [0.25, 0.3) is 0 Å². The van der Waals surface area contributed by atoms with Crippen molar-refractivity contribution in [3.8, 4) is 0 Å². The van der Waals surface area contributed by atoms with E-state index in [1.807, 2.05) is 25.2 Å². The Morgan fingerprint density at radius 1 is 1.33 bits per heavy atom. The van der Waals surface area contributed by atoms with E-state index in [1.165, 1.54) is 6.07 Å². The van der Waals surface area contributed by atoms with Crippen LogP contribution in [0.3, 0.4) is 0 Å². The molecule has 1 amide bonds. The van der Waals surface area contributed by atoms with Crippen LogP contribution in [-0.4, -0.2) is 52.9 Å². The van der Waals surface area contributed by atoms with E-state index in [0.717, 1.165) is 18.7 Å². The van der Waals surface area contributed by atoms with Crippen LogP contribution < -0.4 is 0 Å². The molecule has 3 rings (SSSR count). The minimum absolute atomic E-state index is 0.0389. The van der Waals surface area contributed by atoms with Crippen LogP contribution in [-0.2, 0) is 4.79 Å². The zero-order valence-electron chi connectivity index (χ0n) is 14.1. The fourth-order valence-corrected chi connectivity index (χ4v) is 3.38. The Bertz CT molecular complexity index is 678. The maximum absolute atomic E-state index is 14.2. The van der Waals surface area contributed by atoms with Crippen LogP contribution in [0.2, 0.25) is 0 Å². The number of likely N-dealkylation sites (N-methyl/N-ethyl adjacent to an activating group) is 1. The summed E-state index contributed by atoms with van der Waals surface area (Å²) in [6, 6.07) is 5.91.